The number of nitrogens with two attached hydrogens (primary N) is 1. The summed E-state index contributed by atoms with van der Waals surface area (Å²) in [5.41, 5.74) is 6.77. The van der Waals surface area contributed by atoms with Gasteiger partial charge in [-0.1, -0.05) is 43.7 Å². The molecule has 0 aliphatic heterocycles. The Kier molecular flexibility index (Phi) is 4.84. The number of hydrogen-bond donors (Lipinski definition) is 2. The molecule has 1 aromatic carbocycles. The monoisotopic (exact) mass is 206 g/mol. The van der Waals surface area contributed by atoms with E-state index in [0.29, 0.717) is 6.54 Å². The molecule has 3 heteroatoms. The molecule has 0 unspecified atom stereocenters. The molecule has 1 amide bonds. The first-order valence-electron chi connectivity index (χ1n) is 5.31. The van der Waals surface area contributed by atoms with Crippen LogP contribution < -0.4 is 11.1 Å². The van der Waals surface area contributed by atoms with Crippen molar-refractivity contribution in [3.05, 3.63) is 35.9 Å². The summed E-state index contributed by atoms with van der Waals surface area (Å²) in [6.07, 6.45) is 1.67. The van der Waals surface area contributed by atoms with E-state index in [0.717, 1.165) is 18.4 Å². The zero-order valence-corrected chi connectivity index (χ0v) is 9.07. The fraction of sp³-hybridized carbons (Fsp3) is 0.417. The van der Waals surface area contributed by atoms with E-state index in [9.17, 15) is 4.79 Å². The van der Waals surface area contributed by atoms with E-state index in [-0.39, 0.29) is 11.9 Å². The summed E-state index contributed by atoms with van der Waals surface area (Å²) in [6, 6.07) is 9.44. The van der Waals surface area contributed by atoms with Crippen molar-refractivity contribution in [1.82, 2.24) is 5.32 Å². The third-order valence-corrected chi connectivity index (χ3v) is 2.25. The van der Waals surface area contributed by atoms with Crippen molar-refractivity contribution in [2.24, 2.45) is 5.73 Å². The van der Waals surface area contributed by atoms with Crippen LogP contribution in [-0.4, -0.2) is 11.9 Å². The normalized spacial score (nSPS) is 12.1. The highest BCUT2D eigenvalue weighted by Gasteiger charge is 2.10. The van der Waals surface area contributed by atoms with Crippen LogP contribution in [0.3, 0.4) is 0 Å². The van der Waals surface area contributed by atoms with E-state index in [2.05, 4.69) is 5.32 Å². The molecule has 1 atom stereocenters. The van der Waals surface area contributed by atoms with E-state index in [1.54, 1.807) is 0 Å². The maximum atomic E-state index is 11.5. The van der Waals surface area contributed by atoms with Gasteiger partial charge in [-0.05, 0) is 12.0 Å². The van der Waals surface area contributed by atoms with Crippen LogP contribution in [0.1, 0.15) is 25.3 Å². The van der Waals surface area contributed by atoms with Gasteiger partial charge in [-0.3, -0.25) is 4.79 Å². The van der Waals surface area contributed by atoms with Gasteiger partial charge in [0.25, 0.3) is 0 Å². The van der Waals surface area contributed by atoms with Crippen LogP contribution in [0.2, 0.25) is 0 Å². The van der Waals surface area contributed by atoms with Crippen LogP contribution >= 0.6 is 0 Å². The molecule has 1 aromatic rings. The van der Waals surface area contributed by atoms with Gasteiger partial charge in [-0.25, -0.2) is 0 Å². The fourth-order valence-electron chi connectivity index (χ4n) is 1.36. The molecule has 0 fully saturated rings. The highest BCUT2D eigenvalue weighted by Crippen LogP contribution is 1.98. The van der Waals surface area contributed by atoms with E-state index < -0.39 is 0 Å². The number of carbonyl (C=O) groups is 1. The van der Waals surface area contributed by atoms with Crippen LogP contribution in [0.15, 0.2) is 30.3 Å². The third kappa shape index (κ3) is 4.13. The molecular weight excluding hydrogens is 188 g/mol. The Morgan fingerprint density at radius 1 is 1.40 bits per heavy atom. The molecule has 0 aliphatic carbocycles. The third-order valence-electron chi connectivity index (χ3n) is 2.25. The van der Waals surface area contributed by atoms with Crippen molar-refractivity contribution in [2.45, 2.75) is 32.4 Å². The Morgan fingerprint density at radius 2 is 2.07 bits per heavy atom. The molecule has 0 aliphatic rings. The molecule has 0 saturated heterocycles. The zero-order chi connectivity index (χ0) is 11.1. The minimum atomic E-state index is -0.376. The van der Waals surface area contributed by atoms with Gasteiger partial charge in [-0.2, -0.15) is 0 Å². The molecule has 0 radical (unpaired) electrons. The Hall–Kier alpha value is -1.35. The van der Waals surface area contributed by atoms with Crippen molar-refractivity contribution < 1.29 is 4.79 Å². The van der Waals surface area contributed by atoms with E-state index in [1.807, 2.05) is 37.3 Å². The number of rotatable bonds is 5. The summed E-state index contributed by atoms with van der Waals surface area (Å²) in [6.45, 7) is 2.57. The molecule has 0 saturated carbocycles. The van der Waals surface area contributed by atoms with E-state index in [1.165, 1.54) is 0 Å². The number of amides is 1. The van der Waals surface area contributed by atoms with Gasteiger partial charge in [-0.15, -0.1) is 0 Å². The fourth-order valence-corrected chi connectivity index (χ4v) is 1.36. The SMILES string of the molecule is CCC[C@H](N)C(=O)NCc1ccccc1. The lowest BCUT2D eigenvalue weighted by Gasteiger charge is -2.10. The maximum Gasteiger partial charge on any atom is 0.237 e. The summed E-state index contributed by atoms with van der Waals surface area (Å²) in [5, 5.41) is 2.82. The Morgan fingerprint density at radius 3 is 2.67 bits per heavy atom. The average molecular weight is 206 g/mol. The maximum absolute atomic E-state index is 11.5. The molecule has 3 N–H and O–H groups in total. The highest BCUT2D eigenvalue weighted by molar-refractivity contribution is 5.81. The predicted octanol–water partition coefficient (Wildman–Crippen LogP) is 1.43. The molecule has 15 heavy (non-hydrogen) atoms. The van der Waals surface area contributed by atoms with Crippen LogP contribution in [0.5, 0.6) is 0 Å². The van der Waals surface area contributed by atoms with Gasteiger partial charge in [0, 0.05) is 6.54 Å². The largest absolute Gasteiger partial charge is 0.351 e. The minimum absolute atomic E-state index is 0.0688. The van der Waals surface area contributed by atoms with Gasteiger partial charge in [0.15, 0.2) is 0 Å². The Bertz CT molecular complexity index is 298. The molecule has 82 valence electrons. The molecule has 1 rings (SSSR count). The first-order chi connectivity index (χ1) is 7.24. The Balaban J connectivity index is 2.34. The van der Waals surface area contributed by atoms with Crippen molar-refractivity contribution in [2.75, 3.05) is 0 Å². The number of hydrogen-bond acceptors (Lipinski definition) is 2. The van der Waals surface area contributed by atoms with Crippen LogP contribution in [0.25, 0.3) is 0 Å². The second-order valence-electron chi connectivity index (χ2n) is 3.60. The summed E-state index contributed by atoms with van der Waals surface area (Å²) in [7, 11) is 0. The van der Waals surface area contributed by atoms with E-state index in [4.69, 9.17) is 5.73 Å². The first-order valence-corrected chi connectivity index (χ1v) is 5.31. The Labute approximate surface area is 90.7 Å². The smallest absolute Gasteiger partial charge is 0.237 e. The molecule has 0 aromatic heterocycles. The lowest BCUT2D eigenvalue weighted by Crippen LogP contribution is -2.40. The van der Waals surface area contributed by atoms with Crippen LogP contribution in [-0.2, 0) is 11.3 Å². The van der Waals surface area contributed by atoms with Gasteiger partial charge in [0.05, 0.1) is 6.04 Å². The summed E-state index contributed by atoms with van der Waals surface area (Å²) in [5.74, 6) is -0.0688. The molecular formula is C12H18N2O. The highest BCUT2D eigenvalue weighted by atomic mass is 16.2. The zero-order valence-electron chi connectivity index (χ0n) is 9.07. The average Bonchev–Trinajstić information content (AvgIpc) is 2.27. The summed E-state index contributed by atoms with van der Waals surface area (Å²) < 4.78 is 0. The number of benzene rings is 1. The first kappa shape index (κ1) is 11.7. The van der Waals surface area contributed by atoms with Crippen LogP contribution in [0.4, 0.5) is 0 Å². The van der Waals surface area contributed by atoms with Crippen molar-refractivity contribution in [3.8, 4) is 0 Å². The van der Waals surface area contributed by atoms with Gasteiger partial charge in [0.2, 0.25) is 5.91 Å². The van der Waals surface area contributed by atoms with Crippen LogP contribution in [0, 0.1) is 0 Å². The standard InChI is InChI=1S/C12H18N2O/c1-2-6-11(13)12(15)14-9-10-7-4-3-5-8-10/h3-5,7-8,11H,2,6,9,13H2,1H3,(H,14,15)/t11-/m0/s1. The predicted molar refractivity (Wildman–Crippen MR) is 61.2 cm³/mol. The molecule has 0 heterocycles. The lowest BCUT2D eigenvalue weighted by molar-refractivity contribution is -0.122. The molecule has 0 spiro atoms. The summed E-state index contributed by atoms with van der Waals surface area (Å²) in [4.78, 5) is 11.5. The molecule has 3 nitrogen and oxygen atoms in total. The van der Waals surface area contributed by atoms with E-state index >= 15 is 0 Å². The van der Waals surface area contributed by atoms with Gasteiger partial charge in [0.1, 0.15) is 0 Å². The quantitative estimate of drug-likeness (QED) is 0.765. The van der Waals surface area contributed by atoms with Gasteiger partial charge < -0.3 is 11.1 Å². The topological polar surface area (TPSA) is 55.1 Å². The summed E-state index contributed by atoms with van der Waals surface area (Å²) >= 11 is 0. The second kappa shape index (κ2) is 6.19. The second-order valence-corrected chi connectivity index (χ2v) is 3.60. The minimum Gasteiger partial charge on any atom is -0.351 e. The van der Waals surface area contributed by atoms with Crippen molar-refractivity contribution in [1.29, 1.82) is 0 Å². The van der Waals surface area contributed by atoms with Gasteiger partial charge >= 0.3 is 0 Å². The number of nitrogens with one attached hydrogen (secondary N) is 1. The number of carbonyl (C=O) groups excluding carboxylic acids is 1. The lowest BCUT2D eigenvalue weighted by atomic mass is 10.1. The van der Waals surface area contributed by atoms with Crippen molar-refractivity contribution in [3.63, 3.8) is 0 Å². The molecule has 0 bridgehead atoms. The van der Waals surface area contributed by atoms with Crippen molar-refractivity contribution >= 4 is 5.91 Å².